The number of aromatic nitrogens is 2. The average Bonchev–Trinajstić information content (AvgIpc) is 2.66. The molecule has 28 heavy (non-hydrogen) atoms. The van der Waals surface area contributed by atoms with E-state index in [9.17, 15) is 18.0 Å². The number of aryl methyl sites for hydroxylation is 1. The van der Waals surface area contributed by atoms with Gasteiger partial charge in [0.1, 0.15) is 0 Å². The zero-order valence-electron chi connectivity index (χ0n) is 15.3. The van der Waals surface area contributed by atoms with Gasteiger partial charge in [-0.2, -0.15) is 13.2 Å². The van der Waals surface area contributed by atoms with Crippen LogP contribution in [0.4, 0.5) is 19.1 Å². The van der Waals surface area contributed by atoms with Crippen molar-refractivity contribution in [3.05, 3.63) is 52.8 Å². The van der Waals surface area contributed by atoms with Crippen LogP contribution in [-0.2, 0) is 30.2 Å². The van der Waals surface area contributed by atoms with Crippen molar-refractivity contribution in [1.82, 2.24) is 15.3 Å². The lowest BCUT2D eigenvalue weighted by Gasteiger charge is -2.34. The number of nitrogens with zero attached hydrogens (tertiary/aromatic N) is 3. The van der Waals surface area contributed by atoms with Gasteiger partial charge in [0, 0.05) is 17.8 Å². The van der Waals surface area contributed by atoms with E-state index in [1.54, 1.807) is 4.90 Å². The highest BCUT2D eigenvalue weighted by atomic mass is 19.4. The molecule has 2 heterocycles. The Bertz CT molecular complexity index is 870. The minimum absolute atomic E-state index is 0.000821. The minimum Gasteiger partial charge on any atom is -0.350 e. The Hall–Kier alpha value is -2.64. The van der Waals surface area contributed by atoms with Gasteiger partial charge in [0.25, 0.3) is 0 Å². The fourth-order valence-corrected chi connectivity index (χ4v) is 3.95. The largest absolute Gasteiger partial charge is 0.433 e. The SMILES string of the molecule is O=C1CN(c2nc3c(c(C(F)(F)F)n2)CCCC3)C[C@H](Cc2ccccc2)N1. The van der Waals surface area contributed by atoms with E-state index in [0.29, 0.717) is 37.9 Å². The first kappa shape index (κ1) is 18.7. The molecular formula is C20H21F3N4O. The third-order valence-corrected chi connectivity index (χ3v) is 5.19. The average molecular weight is 390 g/mol. The van der Waals surface area contributed by atoms with Crippen LogP contribution in [0.15, 0.2) is 30.3 Å². The van der Waals surface area contributed by atoms with Crippen LogP contribution in [0.2, 0.25) is 0 Å². The summed E-state index contributed by atoms with van der Waals surface area (Å²) < 4.78 is 40.7. The van der Waals surface area contributed by atoms with Gasteiger partial charge in [0.05, 0.1) is 12.6 Å². The number of benzene rings is 1. The molecule has 0 spiro atoms. The minimum atomic E-state index is -4.53. The molecule has 1 N–H and O–H groups in total. The third-order valence-electron chi connectivity index (χ3n) is 5.19. The molecule has 1 saturated heterocycles. The summed E-state index contributed by atoms with van der Waals surface area (Å²) in [5.41, 5.74) is 0.883. The fourth-order valence-electron chi connectivity index (χ4n) is 3.95. The normalized spacial score (nSPS) is 19.9. The number of carbonyl (C=O) groups excluding carboxylic acids is 1. The zero-order chi connectivity index (χ0) is 19.7. The molecule has 1 atom stereocenters. The van der Waals surface area contributed by atoms with Crippen LogP contribution in [0, 0.1) is 0 Å². The Morgan fingerprint density at radius 2 is 1.86 bits per heavy atom. The van der Waals surface area contributed by atoms with E-state index in [1.165, 1.54) is 0 Å². The first-order chi connectivity index (χ1) is 13.4. The second-order valence-corrected chi connectivity index (χ2v) is 7.34. The van der Waals surface area contributed by atoms with Gasteiger partial charge in [-0.1, -0.05) is 30.3 Å². The van der Waals surface area contributed by atoms with Crippen molar-refractivity contribution in [1.29, 1.82) is 0 Å². The number of hydrogen-bond acceptors (Lipinski definition) is 4. The Kier molecular flexibility index (Phi) is 4.95. The molecule has 0 saturated carbocycles. The zero-order valence-corrected chi connectivity index (χ0v) is 15.3. The Morgan fingerprint density at radius 1 is 1.11 bits per heavy atom. The van der Waals surface area contributed by atoms with Crippen molar-refractivity contribution >= 4 is 11.9 Å². The van der Waals surface area contributed by atoms with Crippen LogP contribution >= 0.6 is 0 Å². The van der Waals surface area contributed by atoms with Crippen LogP contribution in [-0.4, -0.2) is 35.0 Å². The smallest absolute Gasteiger partial charge is 0.350 e. The molecular weight excluding hydrogens is 369 g/mol. The number of halogens is 3. The van der Waals surface area contributed by atoms with Crippen molar-refractivity contribution < 1.29 is 18.0 Å². The van der Waals surface area contributed by atoms with Crippen molar-refractivity contribution in [3.63, 3.8) is 0 Å². The maximum Gasteiger partial charge on any atom is 0.433 e. The molecule has 1 aromatic heterocycles. The van der Waals surface area contributed by atoms with Gasteiger partial charge < -0.3 is 10.2 Å². The molecule has 5 nitrogen and oxygen atoms in total. The lowest BCUT2D eigenvalue weighted by molar-refractivity contribution is -0.142. The fraction of sp³-hybridized carbons (Fsp3) is 0.450. The molecule has 1 aliphatic carbocycles. The molecule has 4 rings (SSSR count). The van der Waals surface area contributed by atoms with E-state index in [1.807, 2.05) is 30.3 Å². The van der Waals surface area contributed by atoms with Crippen LogP contribution in [0.1, 0.15) is 35.4 Å². The summed E-state index contributed by atoms with van der Waals surface area (Å²) in [6.45, 7) is 0.331. The van der Waals surface area contributed by atoms with E-state index in [-0.39, 0.29) is 30.0 Å². The molecule has 8 heteroatoms. The second kappa shape index (κ2) is 7.41. The number of carbonyl (C=O) groups is 1. The van der Waals surface area contributed by atoms with Gasteiger partial charge in [-0.15, -0.1) is 0 Å². The third kappa shape index (κ3) is 3.95. The molecule has 0 bridgehead atoms. The molecule has 2 aliphatic rings. The topological polar surface area (TPSA) is 58.1 Å². The maximum atomic E-state index is 13.6. The van der Waals surface area contributed by atoms with E-state index in [0.717, 1.165) is 12.0 Å². The number of rotatable bonds is 3. The van der Waals surface area contributed by atoms with Gasteiger partial charge in [-0.25, -0.2) is 9.97 Å². The number of hydrogen-bond donors (Lipinski definition) is 1. The van der Waals surface area contributed by atoms with Crippen LogP contribution in [0.25, 0.3) is 0 Å². The lowest BCUT2D eigenvalue weighted by atomic mass is 9.94. The summed E-state index contributed by atoms with van der Waals surface area (Å²) in [5.74, 6) is -0.233. The second-order valence-electron chi connectivity index (χ2n) is 7.34. The molecule has 2 aromatic rings. The highest BCUT2D eigenvalue weighted by molar-refractivity contribution is 5.82. The molecule has 1 fully saturated rings. The predicted octanol–water partition coefficient (Wildman–Crippen LogP) is 2.92. The van der Waals surface area contributed by atoms with Gasteiger partial charge in [-0.3, -0.25) is 4.79 Å². The quantitative estimate of drug-likeness (QED) is 0.876. The van der Waals surface area contributed by atoms with Crippen molar-refractivity contribution in [2.24, 2.45) is 0 Å². The predicted molar refractivity (Wildman–Crippen MR) is 98.0 cm³/mol. The molecule has 1 aliphatic heterocycles. The summed E-state index contributed by atoms with van der Waals surface area (Å²) in [5, 5.41) is 2.91. The summed E-state index contributed by atoms with van der Waals surface area (Å²) in [7, 11) is 0. The van der Waals surface area contributed by atoms with Crippen molar-refractivity contribution in [3.8, 4) is 0 Å². The molecule has 0 unspecified atom stereocenters. The van der Waals surface area contributed by atoms with E-state index in [2.05, 4.69) is 15.3 Å². The highest BCUT2D eigenvalue weighted by Gasteiger charge is 2.39. The van der Waals surface area contributed by atoms with E-state index < -0.39 is 11.9 Å². The number of fused-ring (bicyclic) bond motifs is 1. The highest BCUT2D eigenvalue weighted by Crippen LogP contribution is 2.35. The monoisotopic (exact) mass is 390 g/mol. The van der Waals surface area contributed by atoms with Gasteiger partial charge in [0.2, 0.25) is 11.9 Å². The number of piperazine rings is 1. The van der Waals surface area contributed by atoms with E-state index in [4.69, 9.17) is 0 Å². The van der Waals surface area contributed by atoms with Gasteiger partial charge >= 0.3 is 6.18 Å². The number of anilines is 1. The van der Waals surface area contributed by atoms with Gasteiger partial charge in [-0.05, 0) is 37.7 Å². The van der Waals surface area contributed by atoms with Crippen LogP contribution < -0.4 is 10.2 Å². The van der Waals surface area contributed by atoms with Crippen molar-refractivity contribution in [2.45, 2.75) is 44.3 Å². The lowest BCUT2D eigenvalue weighted by Crippen LogP contribution is -2.55. The van der Waals surface area contributed by atoms with Gasteiger partial charge in [0.15, 0.2) is 5.69 Å². The molecule has 1 amide bonds. The van der Waals surface area contributed by atoms with E-state index >= 15 is 0 Å². The molecule has 0 radical (unpaired) electrons. The number of amides is 1. The maximum absolute atomic E-state index is 13.6. The molecule has 148 valence electrons. The standard InChI is InChI=1S/C20H21F3N4O/c21-20(22,23)18-15-8-4-5-9-16(15)25-19(26-18)27-11-14(24-17(28)12-27)10-13-6-2-1-3-7-13/h1-3,6-7,14H,4-5,8-12H2,(H,24,28)/t14-/m0/s1. The molecule has 1 aromatic carbocycles. The summed E-state index contributed by atoms with van der Waals surface area (Å²) in [6, 6.07) is 9.46. The first-order valence-corrected chi connectivity index (χ1v) is 9.45. The first-order valence-electron chi connectivity index (χ1n) is 9.45. The number of nitrogens with one attached hydrogen (secondary N) is 1. The van der Waals surface area contributed by atoms with Crippen LogP contribution in [0.3, 0.4) is 0 Å². The Morgan fingerprint density at radius 3 is 2.61 bits per heavy atom. The number of alkyl halides is 3. The van der Waals surface area contributed by atoms with Crippen molar-refractivity contribution in [2.75, 3.05) is 18.0 Å². The summed E-state index contributed by atoms with van der Waals surface area (Å²) >= 11 is 0. The summed E-state index contributed by atoms with van der Waals surface area (Å²) in [6.07, 6.45) is -1.54. The summed E-state index contributed by atoms with van der Waals surface area (Å²) in [4.78, 5) is 22.0. The van der Waals surface area contributed by atoms with Crippen LogP contribution in [0.5, 0.6) is 0 Å². The Balaban J connectivity index is 1.63. The Labute approximate surface area is 161 Å².